The molecule has 7 heteroatoms. The SMILES string of the molecule is CCC(=O)N1CCC(C(=O)N[C@@H](CCSC)C(=O)O)CC1. The molecule has 1 aliphatic rings. The summed E-state index contributed by atoms with van der Waals surface area (Å²) in [6.45, 7) is 2.98. The number of hydrogen-bond donors (Lipinski definition) is 2. The Morgan fingerprint density at radius 3 is 2.43 bits per heavy atom. The molecule has 1 heterocycles. The molecule has 1 rings (SSSR count). The van der Waals surface area contributed by atoms with Crippen molar-refractivity contribution in [1.82, 2.24) is 10.2 Å². The number of carboxylic acid groups (broad SMARTS) is 1. The van der Waals surface area contributed by atoms with Gasteiger partial charge in [0.1, 0.15) is 6.04 Å². The molecule has 2 amide bonds. The van der Waals surface area contributed by atoms with Crippen molar-refractivity contribution in [2.24, 2.45) is 5.92 Å². The molecule has 120 valence electrons. The number of aliphatic carboxylic acids is 1. The van der Waals surface area contributed by atoms with Gasteiger partial charge in [0.05, 0.1) is 0 Å². The van der Waals surface area contributed by atoms with Crippen LogP contribution in [0.4, 0.5) is 0 Å². The van der Waals surface area contributed by atoms with Gasteiger partial charge in [0.25, 0.3) is 0 Å². The largest absolute Gasteiger partial charge is 0.480 e. The summed E-state index contributed by atoms with van der Waals surface area (Å²) < 4.78 is 0. The summed E-state index contributed by atoms with van der Waals surface area (Å²) in [6.07, 6.45) is 4.02. The number of amides is 2. The van der Waals surface area contributed by atoms with Crippen molar-refractivity contribution in [3.05, 3.63) is 0 Å². The number of carbonyl (C=O) groups is 3. The van der Waals surface area contributed by atoms with Gasteiger partial charge < -0.3 is 15.3 Å². The molecule has 1 fully saturated rings. The Kier molecular flexibility index (Phi) is 7.56. The average Bonchev–Trinajstić information content (AvgIpc) is 2.50. The molecule has 1 aliphatic heterocycles. The minimum Gasteiger partial charge on any atom is -0.480 e. The smallest absolute Gasteiger partial charge is 0.326 e. The molecule has 0 aromatic rings. The van der Waals surface area contributed by atoms with Crippen molar-refractivity contribution < 1.29 is 19.5 Å². The Balaban J connectivity index is 2.45. The van der Waals surface area contributed by atoms with Crippen LogP contribution in [0.5, 0.6) is 0 Å². The fourth-order valence-electron chi connectivity index (χ4n) is 2.40. The molecule has 2 N–H and O–H groups in total. The first-order chi connectivity index (χ1) is 9.99. The lowest BCUT2D eigenvalue weighted by molar-refractivity contribution is -0.143. The molecule has 0 aromatic heterocycles. The summed E-state index contributed by atoms with van der Waals surface area (Å²) in [5, 5.41) is 11.7. The van der Waals surface area contributed by atoms with Crippen LogP contribution in [0.25, 0.3) is 0 Å². The maximum atomic E-state index is 12.1. The summed E-state index contributed by atoms with van der Waals surface area (Å²) in [5.74, 6) is -0.580. The van der Waals surface area contributed by atoms with Crippen molar-refractivity contribution in [1.29, 1.82) is 0 Å². The Hall–Kier alpha value is -1.24. The van der Waals surface area contributed by atoms with Crippen LogP contribution in [0.15, 0.2) is 0 Å². The predicted molar refractivity (Wildman–Crippen MR) is 82.2 cm³/mol. The molecule has 0 unspecified atom stereocenters. The molecule has 21 heavy (non-hydrogen) atoms. The highest BCUT2D eigenvalue weighted by Gasteiger charge is 2.29. The summed E-state index contributed by atoms with van der Waals surface area (Å²) in [6, 6.07) is -0.819. The molecule has 0 aromatic carbocycles. The number of thioether (sulfide) groups is 1. The van der Waals surface area contributed by atoms with E-state index in [1.807, 2.05) is 13.2 Å². The van der Waals surface area contributed by atoms with Crippen molar-refractivity contribution >= 4 is 29.5 Å². The van der Waals surface area contributed by atoms with E-state index in [4.69, 9.17) is 5.11 Å². The topological polar surface area (TPSA) is 86.7 Å². The van der Waals surface area contributed by atoms with Gasteiger partial charge in [-0.15, -0.1) is 0 Å². The summed E-state index contributed by atoms with van der Waals surface area (Å²) in [4.78, 5) is 36.6. The predicted octanol–water partition coefficient (Wildman–Crippen LogP) is 0.957. The zero-order valence-electron chi connectivity index (χ0n) is 12.6. The van der Waals surface area contributed by atoms with Crippen molar-refractivity contribution in [2.45, 2.75) is 38.6 Å². The van der Waals surface area contributed by atoms with Crippen LogP contribution < -0.4 is 5.32 Å². The van der Waals surface area contributed by atoms with Crippen LogP contribution in [0.3, 0.4) is 0 Å². The van der Waals surface area contributed by atoms with E-state index in [2.05, 4.69) is 5.32 Å². The molecule has 0 spiro atoms. The highest BCUT2D eigenvalue weighted by molar-refractivity contribution is 7.98. The van der Waals surface area contributed by atoms with Gasteiger partial charge in [-0.1, -0.05) is 6.92 Å². The van der Waals surface area contributed by atoms with Crippen molar-refractivity contribution in [3.8, 4) is 0 Å². The number of carbonyl (C=O) groups excluding carboxylic acids is 2. The van der Waals surface area contributed by atoms with E-state index < -0.39 is 12.0 Å². The second kappa shape index (κ2) is 8.92. The third kappa shape index (κ3) is 5.57. The van der Waals surface area contributed by atoms with E-state index in [0.717, 1.165) is 0 Å². The Morgan fingerprint density at radius 1 is 1.33 bits per heavy atom. The fourth-order valence-corrected chi connectivity index (χ4v) is 2.87. The third-order valence-corrected chi connectivity index (χ3v) is 4.39. The third-order valence-electron chi connectivity index (χ3n) is 3.75. The van der Waals surface area contributed by atoms with Crippen LogP contribution in [-0.2, 0) is 14.4 Å². The van der Waals surface area contributed by atoms with E-state index >= 15 is 0 Å². The molecule has 1 saturated heterocycles. The fraction of sp³-hybridized carbons (Fsp3) is 0.786. The Labute approximate surface area is 129 Å². The van der Waals surface area contributed by atoms with Crippen molar-refractivity contribution in [2.75, 3.05) is 25.1 Å². The number of nitrogens with zero attached hydrogens (tertiary/aromatic N) is 1. The van der Waals surface area contributed by atoms with Gasteiger partial charge in [0.15, 0.2) is 0 Å². The first kappa shape index (κ1) is 17.8. The number of carboxylic acids is 1. The van der Waals surface area contributed by atoms with Gasteiger partial charge in [-0.3, -0.25) is 9.59 Å². The number of rotatable bonds is 7. The first-order valence-corrected chi connectivity index (χ1v) is 8.68. The zero-order chi connectivity index (χ0) is 15.8. The Morgan fingerprint density at radius 2 is 1.95 bits per heavy atom. The van der Waals surface area contributed by atoms with E-state index in [1.54, 1.807) is 16.7 Å². The van der Waals surface area contributed by atoms with Crippen LogP contribution in [0.1, 0.15) is 32.6 Å². The number of hydrogen-bond acceptors (Lipinski definition) is 4. The molecule has 0 saturated carbocycles. The van der Waals surface area contributed by atoms with Crippen LogP contribution in [0.2, 0.25) is 0 Å². The molecule has 0 aliphatic carbocycles. The lowest BCUT2D eigenvalue weighted by atomic mass is 9.95. The number of piperidine rings is 1. The van der Waals surface area contributed by atoms with Gasteiger partial charge in [-0.25, -0.2) is 4.79 Å². The summed E-state index contributed by atoms with van der Waals surface area (Å²) in [5.41, 5.74) is 0. The normalized spacial score (nSPS) is 17.3. The van der Waals surface area contributed by atoms with E-state index in [-0.39, 0.29) is 17.7 Å². The zero-order valence-corrected chi connectivity index (χ0v) is 13.4. The van der Waals surface area contributed by atoms with Crippen LogP contribution >= 0.6 is 11.8 Å². The van der Waals surface area contributed by atoms with E-state index in [1.165, 1.54) is 0 Å². The molecule has 6 nitrogen and oxygen atoms in total. The maximum absolute atomic E-state index is 12.1. The van der Waals surface area contributed by atoms with Gasteiger partial charge in [0, 0.05) is 25.4 Å². The first-order valence-electron chi connectivity index (χ1n) is 7.29. The van der Waals surface area contributed by atoms with Gasteiger partial charge >= 0.3 is 5.97 Å². The molecule has 1 atom stereocenters. The average molecular weight is 316 g/mol. The van der Waals surface area contributed by atoms with Gasteiger partial charge in [-0.05, 0) is 31.3 Å². The number of nitrogens with one attached hydrogen (secondary N) is 1. The summed E-state index contributed by atoms with van der Waals surface area (Å²) in [7, 11) is 0. The lowest BCUT2D eigenvalue weighted by Gasteiger charge is -2.31. The van der Waals surface area contributed by atoms with E-state index in [9.17, 15) is 14.4 Å². The quantitative estimate of drug-likeness (QED) is 0.730. The monoisotopic (exact) mass is 316 g/mol. The molecular weight excluding hydrogens is 292 g/mol. The second-order valence-electron chi connectivity index (χ2n) is 5.19. The number of likely N-dealkylation sites (tertiary alicyclic amines) is 1. The van der Waals surface area contributed by atoms with Gasteiger partial charge in [0.2, 0.25) is 11.8 Å². The highest BCUT2D eigenvalue weighted by atomic mass is 32.2. The molecular formula is C14H24N2O4S. The summed E-state index contributed by atoms with van der Waals surface area (Å²) >= 11 is 1.56. The van der Waals surface area contributed by atoms with Gasteiger partial charge in [-0.2, -0.15) is 11.8 Å². The van der Waals surface area contributed by atoms with Crippen LogP contribution in [-0.4, -0.2) is 58.9 Å². The van der Waals surface area contributed by atoms with Crippen molar-refractivity contribution in [3.63, 3.8) is 0 Å². The lowest BCUT2D eigenvalue weighted by Crippen LogP contribution is -2.47. The standard InChI is InChI=1S/C14H24N2O4S/c1-3-12(17)16-7-4-10(5-8-16)13(18)15-11(14(19)20)6-9-21-2/h10-11H,3-9H2,1-2H3,(H,15,18)(H,19,20)/t11-/m0/s1. The van der Waals surface area contributed by atoms with E-state index in [0.29, 0.717) is 44.5 Å². The highest BCUT2D eigenvalue weighted by Crippen LogP contribution is 2.18. The molecule has 0 radical (unpaired) electrons. The molecule has 0 bridgehead atoms. The minimum atomic E-state index is -0.990. The maximum Gasteiger partial charge on any atom is 0.326 e. The second-order valence-corrected chi connectivity index (χ2v) is 6.18. The van der Waals surface area contributed by atoms with Crippen LogP contribution in [0, 0.1) is 5.92 Å². The minimum absolute atomic E-state index is 0.109. The Bertz CT molecular complexity index is 381.